The Labute approximate surface area is 167 Å². The Morgan fingerprint density at radius 3 is 1.96 bits per heavy atom. The predicted molar refractivity (Wildman–Crippen MR) is 115 cm³/mol. The zero-order valence-electron chi connectivity index (χ0n) is 17.5. The molecule has 0 heterocycles. The minimum absolute atomic E-state index is 0.0341. The molecule has 0 aliphatic heterocycles. The van der Waals surface area contributed by atoms with Crippen molar-refractivity contribution in [3.63, 3.8) is 0 Å². The van der Waals surface area contributed by atoms with E-state index in [-0.39, 0.29) is 6.04 Å². The van der Waals surface area contributed by atoms with Crippen molar-refractivity contribution in [3.8, 4) is 0 Å². The molecule has 0 aliphatic carbocycles. The minimum Gasteiger partial charge on any atom is -0.378 e. The van der Waals surface area contributed by atoms with Gasteiger partial charge in [-0.05, 0) is 56.8 Å². The lowest BCUT2D eigenvalue weighted by atomic mass is 10.1. The van der Waals surface area contributed by atoms with E-state index in [0.717, 1.165) is 22.4 Å². The van der Waals surface area contributed by atoms with E-state index in [1.807, 2.05) is 94.3 Å². The molecule has 0 saturated heterocycles. The second kappa shape index (κ2) is 9.37. The smallest absolute Gasteiger partial charge is 0.313 e. The number of nitrogens with zero attached hydrogens (tertiary/aromatic N) is 2. The van der Waals surface area contributed by atoms with Crippen LogP contribution in [0, 0.1) is 13.8 Å². The molecule has 0 unspecified atom stereocenters. The molecule has 2 aromatic carbocycles. The molecule has 2 N–H and O–H groups in total. The standard InChI is InChI=1S/C22H30N4O2/c1-15-8-7-9-16(2)20(15)24-22(28)21(27)23-14-19(26(5)6)17-10-12-18(13-11-17)25(3)4/h7-13,19H,14H2,1-6H3,(H,23,27)(H,24,28)/t19-/m1/s1. The molecule has 0 radical (unpaired) electrons. The molecule has 0 spiro atoms. The molecule has 1 atom stereocenters. The van der Waals surface area contributed by atoms with Gasteiger partial charge in [-0.1, -0.05) is 30.3 Å². The molecule has 28 heavy (non-hydrogen) atoms. The van der Waals surface area contributed by atoms with Gasteiger partial charge < -0.3 is 20.4 Å². The zero-order valence-corrected chi connectivity index (χ0v) is 17.5. The second-order valence-electron chi connectivity index (χ2n) is 7.40. The van der Waals surface area contributed by atoms with Crippen LogP contribution in [0.25, 0.3) is 0 Å². The number of benzene rings is 2. The van der Waals surface area contributed by atoms with Crippen LogP contribution in [-0.4, -0.2) is 51.4 Å². The summed E-state index contributed by atoms with van der Waals surface area (Å²) in [4.78, 5) is 28.7. The Balaban J connectivity index is 2.02. The molecule has 6 heteroatoms. The first-order chi connectivity index (χ1) is 13.2. The fraction of sp³-hybridized carbons (Fsp3) is 0.364. The van der Waals surface area contributed by atoms with E-state index < -0.39 is 11.8 Å². The molecule has 2 rings (SSSR count). The second-order valence-corrected chi connectivity index (χ2v) is 7.40. The van der Waals surface area contributed by atoms with Gasteiger partial charge >= 0.3 is 11.8 Å². The highest BCUT2D eigenvalue weighted by molar-refractivity contribution is 6.39. The summed E-state index contributed by atoms with van der Waals surface area (Å²) in [6, 6.07) is 13.9. The summed E-state index contributed by atoms with van der Waals surface area (Å²) in [6.07, 6.45) is 0. The number of anilines is 2. The molecule has 2 aromatic rings. The third-order valence-electron chi connectivity index (χ3n) is 4.80. The number of likely N-dealkylation sites (N-methyl/N-ethyl adjacent to an activating group) is 1. The minimum atomic E-state index is -0.655. The summed E-state index contributed by atoms with van der Waals surface area (Å²) in [5.41, 5.74) is 4.72. The maximum Gasteiger partial charge on any atom is 0.313 e. The van der Waals surface area contributed by atoms with Crippen molar-refractivity contribution in [1.82, 2.24) is 10.2 Å². The van der Waals surface area contributed by atoms with Crippen molar-refractivity contribution in [2.45, 2.75) is 19.9 Å². The highest BCUT2D eigenvalue weighted by Crippen LogP contribution is 2.21. The Hall–Kier alpha value is -2.86. The Bertz CT molecular complexity index is 809. The van der Waals surface area contributed by atoms with Gasteiger partial charge in [0.2, 0.25) is 0 Å². The molecule has 0 fully saturated rings. The molecule has 6 nitrogen and oxygen atoms in total. The van der Waals surface area contributed by atoms with Crippen molar-refractivity contribution in [2.75, 3.05) is 45.0 Å². The number of hydrogen-bond acceptors (Lipinski definition) is 4. The summed E-state index contributed by atoms with van der Waals surface area (Å²) in [6.45, 7) is 4.15. The van der Waals surface area contributed by atoms with Crippen LogP contribution in [0.15, 0.2) is 42.5 Å². The van der Waals surface area contributed by atoms with Crippen LogP contribution in [0.5, 0.6) is 0 Å². The van der Waals surface area contributed by atoms with Gasteiger partial charge in [-0.15, -0.1) is 0 Å². The van der Waals surface area contributed by atoms with Crippen LogP contribution >= 0.6 is 0 Å². The number of para-hydroxylation sites is 1. The third-order valence-corrected chi connectivity index (χ3v) is 4.80. The van der Waals surface area contributed by atoms with E-state index in [1.165, 1.54) is 0 Å². The number of nitrogens with one attached hydrogen (secondary N) is 2. The summed E-state index contributed by atoms with van der Waals surface area (Å²) in [7, 11) is 7.89. The van der Waals surface area contributed by atoms with E-state index in [4.69, 9.17) is 0 Å². The largest absolute Gasteiger partial charge is 0.378 e. The first-order valence-corrected chi connectivity index (χ1v) is 9.29. The van der Waals surface area contributed by atoms with Crippen molar-refractivity contribution in [1.29, 1.82) is 0 Å². The van der Waals surface area contributed by atoms with Crippen LogP contribution < -0.4 is 15.5 Å². The number of hydrogen-bond donors (Lipinski definition) is 2. The Kier molecular flexibility index (Phi) is 7.18. The van der Waals surface area contributed by atoms with Gasteiger partial charge in [0.25, 0.3) is 0 Å². The molecular weight excluding hydrogens is 352 g/mol. The van der Waals surface area contributed by atoms with Crippen molar-refractivity contribution in [3.05, 3.63) is 59.2 Å². The number of amides is 2. The van der Waals surface area contributed by atoms with Gasteiger partial charge in [0.1, 0.15) is 0 Å². The van der Waals surface area contributed by atoms with Crippen molar-refractivity contribution >= 4 is 23.2 Å². The molecule has 0 aromatic heterocycles. The summed E-state index contributed by atoms with van der Waals surface area (Å²) in [5.74, 6) is -1.29. The first kappa shape index (κ1) is 21.4. The van der Waals surface area contributed by atoms with Gasteiger partial charge in [0.15, 0.2) is 0 Å². The fourth-order valence-corrected chi connectivity index (χ4v) is 3.04. The molecule has 0 aliphatic rings. The Morgan fingerprint density at radius 2 is 1.46 bits per heavy atom. The highest BCUT2D eigenvalue weighted by atomic mass is 16.2. The first-order valence-electron chi connectivity index (χ1n) is 9.29. The average Bonchev–Trinajstić information content (AvgIpc) is 2.64. The van der Waals surface area contributed by atoms with Crippen LogP contribution in [-0.2, 0) is 9.59 Å². The van der Waals surface area contributed by atoms with E-state index in [1.54, 1.807) is 0 Å². The monoisotopic (exact) mass is 382 g/mol. The van der Waals surface area contributed by atoms with E-state index in [2.05, 4.69) is 10.6 Å². The predicted octanol–water partition coefficient (Wildman–Crippen LogP) is 2.73. The van der Waals surface area contributed by atoms with Crippen LogP contribution in [0.1, 0.15) is 22.7 Å². The summed E-state index contributed by atoms with van der Waals surface area (Å²) >= 11 is 0. The molecule has 150 valence electrons. The van der Waals surface area contributed by atoms with E-state index >= 15 is 0 Å². The van der Waals surface area contributed by atoms with Gasteiger partial charge in [-0.2, -0.15) is 0 Å². The van der Waals surface area contributed by atoms with Gasteiger partial charge in [0, 0.05) is 32.0 Å². The molecule has 0 bridgehead atoms. The number of rotatable bonds is 6. The summed E-state index contributed by atoms with van der Waals surface area (Å²) in [5, 5.41) is 5.48. The number of carbonyl (C=O) groups excluding carboxylic acids is 2. The lowest BCUT2D eigenvalue weighted by Crippen LogP contribution is -2.40. The van der Waals surface area contributed by atoms with E-state index in [0.29, 0.717) is 12.2 Å². The van der Waals surface area contributed by atoms with Gasteiger partial charge in [-0.3, -0.25) is 9.59 Å². The maximum atomic E-state index is 12.3. The van der Waals surface area contributed by atoms with Crippen LogP contribution in [0.2, 0.25) is 0 Å². The lowest BCUT2D eigenvalue weighted by Gasteiger charge is -2.25. The quantitative estimate of drug-likeness (QED) is 0.754. The highest BCUT2D eigenvalue weighted by Gasteiger charge is 2.20. The molecule has 2 amide bonds. The van der Waals surface area contributed by atoms with Gasteiger partial charge in [0.05, 0.1) is 6.04 Å². The fourth-order valence-electron chi connectivity index (χ4n) is 3.04. The van der Waals surface area contributed by atoms with Gasteiger partial charge in [-0.25, -0.2) is 0 Å². The lowest BCUT2D eigenvalue weighted by molar-refractivity contribution is -0.136. The number of carbonyl (C=O) groups is 2. The number of aryl methyl sites for hydroxylation is 2. The Morgan fingerprint density at radius 1 is 0.893 bits per heavy atom. The summed E-state index contributed by atoms with van der Waals surface area (Å²) < 4.78 is 0. The maximum absolute atomic E-state index is 12.3. The van der Waals surface area contributed by atoms with E-state index in [9.17, 15) is 9.59 Å². The van der Waals surface area contributed by atoms with Crippen molar-refractivity contribution in [2.24, 2.45) is 0 Å². The van der Waals surface area contributed by atoms with Crippen LogP contribution in [0.3, 0.4) is 0 Å². The zero-order chi connectivity index (χ0) is 20.8. The third kappa shape index (κ3) is 5.33. The molecular formula is C22H30N4O2. The molecule has 0 saturated carbocycles. The topological polar surface area (TPSA) is 64.7 Å². The van der Waals surface area contributed by atoms with Crippen molar-refractivity contribution < 1.29 is 9.59 Å². The normalized spacial score (nSPS) is 11.8. The average molecular weight is 383 g/mol. The SMILES string of the molecule is Cc1cccc(C)c1NC(=O)C(=O)NC[C@H](c1ccc(N(C)C)cc1)N(C)C. The van der Waals surface area contributed by atoms with Crippen LogP contribution in [0.4, 0.5) is 11.4 Å².